The number of carbonyl (C=O) groups excluding carboxylic acids is 1. The van der Waals surface area contributed by atoms with E-state index in [4.69, 9.17) is 0 Å². The summed E-state index contributed by atoms with van der Waals surface area (Å²) < 4.78 is 25.4. The first-order chi connectivity index (χ1) is 13.6. The van der Waals surface area contributed by atoms with Crippen LogP contribution in [0.4, 0.5) is 5.69 Å². The van der Waals surface area contributed by atoms with Crippen LogP contribution in [0.3, 0.4) is 0 Å². The number of sulfone groups is 1. The Morgan fingerprint density at radius 1 is 1.14 bits per heavy atom. The Morgan fingerprint density at radius 3 is 2.34 bits per heavy atom. The van der Waals surface area contributed by atoms with Crippen LogP contribution in [0.15, 0.2) is 46.1 Å². The van der Waals surface area contributed by atoms with Crippen LogP contribution in [0.1, 0.15) is 44.6 Å². The van der Waals surface area contributed by atoms with Crippen molar-refractivity contribution in [3.05, 3.63) is 61.8 Å². The number of allylic oxidation sites excluding steroid dienone is 3. The van der Waals surface area contributed by atoms with Gasteiger partial charge in [-0.2, -0.15) is 0 Å². The summed E-state index contributed by atoms with van der Waals surface area (Å²) in [7, 11) is -3.75. The van der Waals surface area contributed by atoms with Crippen molar-refractivity contribution in [2.24, 2.45) is 0 Å². The van der Waals surface area contributed by atoms with Crippen molar-refractivity contribution in [3.63, 3.8) is 0 Å². The van der Waals surface area contributed by atoms with E-state index in [0.29, 0.717) is 24.5 Å². The predicted molar refractivity (Wildman–Crippen MR) is 110 cm³/mol. The third-order valence-corrected chi connectivity index (χ3v) is 6.76. The number of nitrogens with zero attached hydrogens (tertiary/aromatic N) is 2. The van der Waals surface area contributed by atoms with Gasteiger partial charge >= 0.3 is 0 Å². The van der Waals surface area contributed by atoms with Crippen molar-refractivity contribution in [2.45, 2.75) is 39.0 Å². The highest BCUT2D eigenvalue weighted by Gasteiger charge is 2.41. The van der Waals surface area contributed by atoms with E-state index in [1.807, 2.05) is 0 Å². The van der Waals surface area contributed by atoms with Crippen LogP contribution in [-0.2, 0) is 14.6 Å². The normalized spacial score (nSPS) is 20.5. The number of hydrogen-bond donors (Lipinski definition) is 1. The molecule has 0 saturated carbocycles. The fourth-order valence-electron chi connectivity index (χ4n) is 4.21. The lowest BCUT2D eigenvalue weighted by atomic mass is 9.84. The van der Waals surface area contributed by atoms with Crippen molar-refractivity contribution < 1.29 is 18.1 Å². The van der Waals surface area contributed by atoms with Gasteiger partial charge in [0.15, 0.2) is 9.84 Å². The Morgan fingerprint density at radius 2 is 1.76 bits per heavy atom. The zero-order valence-corrected chi connectivity index (χ0v) is 17.6. The lowest BCUT2D eigenvalue weighted by molar-refractivity contribution is -0.385. The van der Waals surface area contributed by atoms with Crippen molar-refractivity contribution >= 4 is 21.4 Å². The van der Waals surface area contributed by atoms with Gasteiger partial charge in [-0.05, 0) is 33.1 Å². The van der Waals surface area contributed by atoms with Crippen LogP contribution in [0.5, 0.6) is 0 Å². The Hall–Kier alpha value is -2.68. The fraction of sp³-hybridized carbons (Fsp3) is 0.450. The van der Waals surface area contributed by atoms with E-state index in [9.17, 15) is 23.3 Å². The average Bonchev–Trinajstić information content (AvgIpc) is 2.66. The lowest BCUT2D eigenvalue weighted by Crippen LogP contribution is -2.41. The smallest absolute Gasteiger partial charge is 0.273 e. The summed E-state index contributed by atoms with van der Waals surface area (Å²) in [4.78, 5) is 26.3. The van der Waals surface area contributed by atoms with Gasteiger partial charge in [0.05, 0.1) is 15.7 Å². The number of piperidine rings is 1. The first-order valence-corrected chi connectivity index (χ1v) is 11.4. The molecule has 9 heteroatoms. The number of nitrogens with one attached hydrogen (secondary N) is 1. The number of dihydropyridines is 1. The summed E-state index contributed by atoms with van der Waals surface area (Å²) in [6.07, 6.45) is 3.88. The molecular formula is C20H25N3O5S. The molecule has 0 radical (unpaired) electrons. The molecule has 156 valence electrons. The van der Waals surface area contributed by atoms with Gasteiger partial charge in [0.1, 0.15) is 0 Å². The summed E-state index contributed by atoms with van der Waals surface area (Å²) in [5.41, 5.74) is 1.16. The zero-order chi connectivity index (χ0) is 21.3. The molecule has 0 aromatic heterocycles. The van der Waals surface area contributed by atoms with Crippen LogP contribution in [0.2, 0.25) is 0 Å². The van der Waals surface area contributed by atoms with Crippen LogP contribution in [0, 0.1) is 10.1 Å². The fourth-order valence-corrected chi connectivity index (χ4v) is 5.49. The Labute approximate surface area is 170 Å². The molecule has 29 heavy (non-hydrogen) atoms. The third kappa shape index (κ3) is 4.05. The Bertz CT molecular complexity index is 1020. The van der Waals surface area contributed by atoms with Gasteiger partial charge in [-0.25, -0.2) is 8.42 Å². The van der Waals surface area contributed by atoms with Gasteiger partial charge in [-0.15, -0.1) is 0 Å². The minimum Gasteiger partial charge on any atom is -0.361 e. The maximum Gasteiger partial charge on any atom is 0.273 e. The van der Waals surface area contributed by atoms with Gasteiger partial charge < -0.3 is 10.2 Å². The number of nitro benzene ring substituents is 1. The molecule has 2 aliphatic heterocycles. The van der Waals surface area contributed by atoms with Crippen molar-refractivity contribution in [1.29, 1.82) is 0 Å². The molecule has 1 unspecified atom stereocenters. The molecule has 0 spiro atoms. The van der Waals surface area contributed by atoms with Gasteiger partial charge in [0.25, 0.3) is 11.6 Å². The second kappa shape index (κ2) is 7.98. The minimum atomic E-state index is -3.75. The molecule has 1 N–H and O–H groups in total. The summed E-state index contributed by atoms with van der Waals surface area (Å²) in [5, 5.41) is 14.7. The molecule has 0 aliphatic carbocycles. The average molecular weight is 420 g/mol. The maximum atomic E-state index is 13.4. The largest absolute Gasteiger partial charge is 0.361 e. The van der Waals surface area contributed by atoms with Crippen molar-refractivity contribution in [2.75, 3.05) is 19.3 Å². The molecule has 1 amide bonds. The zero-order valence-electron chi connectivity index (χ0n) is 16.8. The van der Waals surface area contributed by atoms with Gasteiger partial charge in [0, 0.05) is 47.9 Å². The van der Waals surface area contributed by atoms with Crippen LogP contribution >= 0.6 is 0 Å². The molecule has 2 heterocycles. The first-order valence-electron chi connectivity index (χ1n) is 9.54. The number of rotatable bonds is 4. The highest BCUT2D eigenvalue weighted by atomic mass is 32.2. The van der Waals surface area contributed by atoms with E-state index in [-0.39, 0.29) is 27.6 Å². The van der Waals surface area contributed by atoms with E-state index in [1.54, 1.807) is 24.8 Å². The van der Waals surface area contributed by atoms with E-state index >= 15 is 0 Å². The van der Waals surface area contributed by atoms with Crippen molar-refractivity contribution in [3.8, 4) is 0 Å². The third-order valence-electron chi connectivity index (χ3n) is 5.42. The van der Waals surface area contributed by atoms with Gasteiger partial charge in [-0.1, -0.05) is 18.2 Å². The molecule has 3 rings (SSSR count). The second-order valence-corrected chi connectivity index (χ2v) is 9.51. The number of likely N-dealkylation sites (tertiary alicyclic amines) is 1. The van der Waals surface area contributed by atoms with Crippen LogP contribution in [-0.4, -0.2) is 43.5 Å². The number of nitro groups is 1. The van der Waals surface area contributed by atoms with Crippen LogP contribution < -0.4 is 5.32 Å². The molecule has 1 aromatic rings. The molecule has 1 saturated heterocycles. The van der Waals surface area contributed by atoms with Crippen molar-refractivity contribution in [1.82, 2.24) is 10.2 Å². The van der Waals surface area contributed by atoms with E-state index in [0.717, 1.165) is 25.5 Å². The monoisotopic (exact) mass is 419 g/mol. The standard InChI is InChI=1S/C20H25N3O5S/c1-13-17(20(24)22-11-7-4-8-12-22)18(19(14(2)21-13)29(3,27)28)15-9-5-6-10-16(15)23(25)26/h5-6,9-10,18,21H,4,7-8,11-12H2,1-3H3. The quantitative estimate of drug-likeness (QED) is 0.594. The molecular weight excluding hydrogens is 394 g/mol. The topological polar surface area (TPSA) is 110 Å². The Kier molecular flexibility index (Phi) is 5.79. The Balaban J connectivity index is 2.24. The molecule has 1 atom stereocenters. The number of hydrogen-bond acceptors (Lipinski definition) is 6. The SMILES string of the molecule is CC1=C(C(=O)N2CCCCC2)C(c2ccccc2[N+](=O)[O-])C(S(C)(=O)=O)=C(C)N1. The van der Waals surface area contributed by atoms with Gasteiger partial charge in [0.2, 0.25) is 0 Å². The predicted octanol–water partition coefficient (Wildman–Crippen LogP) is 2.84. The van der Waals surface area contributed by atoms with Gasteiger partial charge in [-0.3, -0.25) is 14.9 Å². The summed E-state index contributed by atoms with van der Waals surface area (Å²) in [5.74, 6) is -1.30. The lowest BCUT2D eigenvalue weighted by Gasteiger charge is -2.35. The molecule has 1 aromatic carbocycles. The van der Waals surface area contributed by atoms with Crippen LogP contribution in [0.25, 0.3) is 0 Å². The maximum absolute atomic E-state index is 13.4. The minimum absolute atomic E-state index is 0.00207. The summed E-state index contributed by atoms with van der Waals surface area (Å²) >= 11 is 0. The first kappa shape index (κ1) is 21.0. The second-order valence-electron chi connectivity index (χ2n) is 7.53. The number of benzene rings is 1. The van der Waals surface area contributed by atoms with E-state index in [1.165, 1.54) is 18.2 Å². The number of para-hydroxylation sites is 1. The molecule has 8 nitrogen and oxygen atoms in total. The highest BCUT2D eigenvalue weighted by molar-refractivity contribution is 7.94. The highest BCUT2D eigenvalue weighted by Crippen LogP contribution is 2.44. The molecule has 0 bridgehead atoms. The number of carbonyl (C=O) groups is 1. The summed E-state index contributed by atoms with van der Waals surface area (Å²) in [6, 6.07) is 6.02. The van der Waals surface area contributed by atoms with E-state index in [2.05, 4.69) is 5.32 Å². The number of amides is 1. The summed E-state index contributed by atoms with van der Waals surface area (Å²) in [6.45, 7) is 4.51. The van der Waals surface area contributed by atoms with E-state index < -0.39 is 20.7 Å². The molecule has 2 aliphatic rings. The molecule has 1 fully saturated rings.